The van der Waals surface area contributed by atoms with Crippen molar-refractivity contribution in [2.24, 2.45) is 0 Å². The molecule has 0 amide bonds. The van der Waals surface area contributed by atoms with Crippen LogP contribution in [0.3, 0.4) is 0 Å². The largest absolute Gasteiger partial charge is 0.372 e. The number of hydrogen-bond acceptors (Lipinski definition) is 4. The van der Waals surface area contributed by atoms with Gasteiger partial charge < -0.3 is 9.64 Å². The van der Waals surface area contributed by atoms with Crippen molar-refractivity contribution in [1.29, 1.82) is 0 Å². The molecule has 1 aliphatic heterocycles. The topological polar surface area (TPSA) is 55.6 Å². The Labute approximate surface area is 113 Å². The van der Waals surface area contributed by atoms with Gasteiger partial charge in [0.15, 0.2) is 0 Å². The first-order chi connectivity index (χ1) is 9.01. The molecule has 1 aromatic rings. The molecule has 1 aliphatic rings. The van der Waals surface area contributed by atoms with E-state index in [-0.39, 0.29) is 22.8 Å². The maximum Gasteiger partial charge on any atom is 0.269 e. The molecular formula is C14H20N2O3. The van der Waals surface area contributed by atoms with Crippen molar-refractivity contribution < 1.29 is 9.66 Å². The summed E-state index contributed by atoms with van der Waals surface area (Å²) in [6, 6.07) is 5.13. The van der Waals surface area contributed by atoms with Crippen LogP contribution < -0.4 is 4.90 Å². The average molecular weight is 264 g/mol. The molecule has 5 heteroatoms. The normalized spacial score (nSPS) is 23.4. The molecule has 0 radical (unpaired) electrons. The maximum absolute atomic E-state index is 10.8. The molecule has 0 N–H and O–H groups in total. The van der Waals surface area contributed by atoms with E-state index in [9.17, 15) is 10.1 Å². The molecule has 0 aromatic heterocycles. The predicted molar refractivity (Wildman–Crippen MR) is 74.7 cm³/mol. The Hall–Kier alpha value is -1.62. The van der Waals surface area contributed by atoms with Crippen molar-refractivity contribution in [2.75, 3.05) is 18.0 Å². The molecule has 0 spiro atoms. The van der Waals surface area contributed by atoms with Crippen LogP contribution in [0.15, 0.2) is 18.2 Å². The summed E-state index contributed by atoms with van der Waals surface area (Å²) in [5, 5.41) is 10.8. The van der Waals surface area contributed by atoms with Crippen LogP contribution in [-0.4, -0.2) is 30.2 Å². The van der Waals surface area contributed by atoms with E-state index in [1.807, 2.05) is 13.0 Å². The van der Waals surface area contributed by atoms with E-state index in [1.54, 1.807) is 12.1 Å². The lowest BCUT2D eigenvalue weighted by Crippen LogP contribution is -2.45. The molecule has 2 atom stereocenters. The zero-order valence-electron chi connectivity index (χ0n) is 11.6. The average Bonchev–Trinajstić information content (AvgIpc) is 2.36. The zero-order chi connectivity index (χ0) is 14.0. The Morgan fingerprint density at radius 2 is 2.00 bits per heavy atom. The van der Waals surface area contributed by atoms with Gasteiger partial charge in [-0.15, -0.1) is 0 Å². The third-order valence-corrected chi connectivity index (χ3v) is 3.42. The molecule has 1 saturated heterocycles. The smallest absolute Gasteiger partial charge is 0.269 e. The first kappa shape index (κ1) is 13.8. The molecule has 1 aromatic carbocycles. The summed E-state index contributed by atoms with van der Waals surface area (Å²) in [5.74, 6) is 0. The van der Waals surface area contributed by atoms with E-state index in [1.165, 1.54) is 0 Å². The molecule has 2 rings (SSSR count). The van der Waals surface area contributed by atoms with Crippen molar-refractivity contribution in [3.63, 3.8) is 0 Å². The summed E-state index contributed by atoms with van der Waals surface area (Å²) in [4.78, 5) is 12.8. The van der Waals surface area contributed by atoms with E-state index in [2.05, 4.69) is 18.7 Å². The van der Waals surface area contributed by atoms with E-state index in [0.717, 1.165) is 30.8 Å². The molecule has 5 nitrogen and oxygen atoms in total. The fourth-order valence-electron chi connectivity index (χ4n) is 2.65. The predicted octanol–water partition coefficient (Wildman–Crippen LogP) is 2.77. The molecule has 0 bridgehead atoms. The molecule has 0 aliphatic carbocycles. The first-order valence-electron chi connectivity index (χ1n) is 6.69. The number of non-ortho nitro benzene ring substituents is 1. The van der Waals surface area contributed by atoms with Gasteiger partial charge in [0.1, 0.15) is 0 Å². The van der Waals surface area contributed by atoms with Gasteiger partial charge in [0.25, 0.3) is 5.69 Å². The monoisotopic (exact) mass is 264 g/mol. The number of anilines is 1. The van der Waals surface area contributed by atoms with Gasteiger partial charge in [-0.05, 0) is 31.9 Å². The maximum atomic E-state index is 10.8. The number of nitrogens with zero attached hydrogens (tertiary/aromatic N) is 2. The Morgan fingerprint density at radius 3 is 2.53 bits per heavy atom. The van der Waals surface area contributed by atoms with Gasteiger partial charge >= 0.3 is 0 Å². The van der Waals surface area contributed by atoms with Crippen LogP contribution in [0.5, 0.6) is 0 Å². The minimum atomic E-state index is -0.340. The van der Waals surface area contributed by atoms with Crippen LogP contribution >= 0.6 is 0 Å². The fraction of sp³-hybridized carbons (Fsp3) is 0.571. The van der Waals surface area contributed by atoms with Crippen molar-refractivity contribution in [3.05, 3.63) is 33.9 Å². The van der Waals surface area contributed by atoms with Crippen LogP contribution in [0.4, 0.5) is 11.4 Å². The third-order valence-electron chi connectivity index (χ3n) is 3.42. The number of morpholine rings is 1. The highest BCUT2D eigenvalue weighted by molar-refractivity contribution is 5.58. The summed E-state index contributed by atoms with van der Waals surface area (Å²) >= 11 is 0. The van der Waals surface area contributed by atoms with Crippen LogP contribution in [0, 0.1) is 10.1 Å². The third kappa shape index (κ3) is 3.04. The molecule has 2 unspecified atom stereocenters. The summed E-state index contributed by atoms with van der Waals surface area (Å²) in [6.07, 6.45) is 1.16. The van der Waals surface area contributed by atoms with Crippen LogP contribution in [0.25, 0.3) is 0 Å². The second-order valence-corrected chi connectivity index (χ2v) is 5.09. The second kappa shape index (κ2) is 5.57. The number of hydrogen-bond donors (Lipinski definition) is 0. The van der Waals surface area contributed by atoms with Crippen molar-refractivity contribution in [3.8, 4) is 0 Å². The quantitative estimate of drug-likeness (QED) is 0.622. The van der Waals surface area contributed by atoms with Gasteiger partial charge in [-0.3, -0.25) is 10.1 Å². The number of ether oxygens (including phenoxy) is 1. The lowest BCUT2D eigenvalue weighted by Gasteiger charge is -2.37. The summed E-state index contributed by atoms with van der Waals surface area (Å²) in [5.41, 5.74) is 2.28. The van der Waals surface area contributed by atoms with Crippen molar-refractivity contribution >= 4 is 11.4 Å². The second-order valence-electron chi connectivity index (χ2n) is 5.09. The van der Waals surface area contributed by atoms with Gasteiger partial charge in [-0.25, -0.2) is 0 Å². The molecule has 104 valence electrons. The molecule has 1 fully saturated rings. The van der Waals surface area contributed by atoms with Crippen molar-refractivity contribution in [1.82, 2.24) is 0 Å². The minimum Gasteiger partial charge on any atom is -0.372 e. The number of benzene rings is 1. The Kier molecular flexibility index (Phi) is 4.04. The summed E-state index contributed by atoms with van der Waals surface area (Å²) in [7, 11) is 0. The number of rotatable bonds is 3. The van der Waals surface area contributed by atoms with Gasteiger partial charge in [0, 0.05) is 30.9 Å². The van der Waals surface area contributed by atoms with E-state index in [4.69, 9.17) is 4.74 Å². The van der Waals surface area contributed by atoms with Crippen LogP contribution in [0.1, 0.15) is 26.3 Å². The Bertz CT molecular complexity index is 466. The lowest BCUT2D eigenvalue weighted by atomic mass is 10.1. The van der Waals surface area contributed by atoms with Crippen LogP contribution in [0.2, 0.25) is 0 Å². The van der Waals surface area contributed by atoms with Crippen molar-refractivity contribution in [2.45, 2.75) is 39.4 Å². The molecular weight excluding hydrogens is 244 g/mol. The number of aryl methyl sites for hydroxylation is 1. The minimum absolute atomic E-state index is 0.162. The first-order valence-corrected chi connectivity index (χ1v) is 6.69. The molecule has 19 heavy (non-hydrogen) atoms. The van der Waals surface area contributed by atoms with E-state index < -0.39 is 0 Å². The summed E-state index contributed by atoms with van der Waals surface area (Å²) in [6.45, 7) is 7.79. The fourth-order valence-corrected chi connectivity index (χ4v) is 2.65. The van der Waals surface area contributed by atoms with Gasteiger partial charge in [-0.1, -0.05) is 6.92 Å². The number of nitro groups is 1. The molecule has 1 heterocycles. The Balaban J connectivity index is 2.30. The molecule has 0 saturated carbocycles. The SMILES string of the molecule is CCc1cc([N+](=O)[O-])ccc1N1CC(C)OC(C)C1. The van der Waals surface area contributed by atoms with Gasteiger partial charge in [0.05, 0.1) is 17.1 Å². The van der Waals surface area contributed by atoms with Gasteiger partial charge in [-0.2, -0.15) is 0 Å². The van der Waals surface area contributed by atoms with E-state index in [0.29, 0.717) is 0 Å². The zero-order valence-corrected chi connectivity index (χ0v) is 11.6. The highest BCUT2D eigenvalue weighted by Gasteiger charge is 2.24. The van der Waals surface area contributed by atoms with E-state index >= 15 is 0 Å². The van der Waals surface area contributed by atoms with Gasteiger partial charge in [0.2, 0.25) is 0 Å². The highest BCUT2D eigenvalue weighted by atomic mass is 16.6. The summed E-state index contributed by atoms with van der Waals surface area (Å²) < 4.78 is 5.72. The lowest BCUT2D eigenvalue weighted by molar-refractivity contribution is -0.384. The number of nitro benzene ring substituents is 1. The highest BCUT2D eigenvalue weighted by Crippen LogP contribution is 2.28. The standard InChI is InChI=1S/C14H20N2O3/c1-4-12-7-13(16(17)18)5-6-14(12)15-8-10(2)19-11(3)9-15/h5-7,10-11H,4,8-9H2,1-3H3. The Morgan fingerprint density at radius 1 is 1.37 bits per heavy atom. The van der Waals surface area contributed by atoms with Crippen LogP contribution in [-0.2, 0) is 11.2 Å².